The van der Waals surface area contributed by atoms with Crippen molar-refractivity contribution in [2.24, 2.45) is 0 Å². The number of hydrogen-bond donors (Lipinski definition) is 0. The number of rotatable bonds is 20. The molecule has 0 saturated heterocycles. The average molecular weight is 399 g/mol. The van der Waals surface area contributed by atoms with Crippen LogP contribution in [0.2, 0.25) is 18.1 Å². The Morgan fingerprint density at radius 3 is 1.56 bits per heavy atom. The second kappa shape index (κ2) is 18.7. The minimum atomic E-state index is -1.74. The second-order valence-electron chi connectivity index (χ2n) is 7.84. The van der Waals surface area contributed by atoms with Gasteiger partial charge in [-0.2, -0.15) is 0 Å². The molecule has 3 nitrogen and oxygen atoms in total. The maximum atomic E-state index is 11.3. The fourth-order valence-electron chi connectivity index (χ4n) is 3.67. The van der Waals surface area contributed by atoms with Gasteiger partial charge in [-0.15, -0.1) is 0 Å². The number of carbonyl (C=O) groups excluding carboxylic acids is 1. The first kappa shape index (κ1) is 26.4. The van der Waals surface area contributed by atoms with Gasteiger partial charge in [-0.3, -0.25) is 0 Å². The van der Waals surface area contributed by atoms with Crippen LogP contribution >= 0.6 is 0 Å². The van der Waals surface area contributed by atoms with Crippen LogP contribution in [0.15, 0.2) is 12.7 Å². The topological polar surface area (TPSA) is 35.5 Å². The molecule has 0 N–H and O–H groups in total. The van der Waals surface area contributed by atoms with Crippen molar-refractivity contribution in [2.75, 3.05) is 13.2 Å². The van der Waals surface area contributed by atoms with Gasteiger partial charge in [0.2, 0.25) is 0 Å². The normalized spacial score (nSPS) is 11.5. The Bertz CT molecular complexity index is 326. The van der Waals surface area contributed by atoms with E-state index in [9.17, 15) is 4.79 Å². The number of carbonyl (C=O) groups is 1. The van der Waals surface area contributed by atoms with Crippen molar-refractivity contribution in [1.82, 2.24) is 0 Å². The highest BCUT2D eigenvalue weighted by atomic mass is 28.4. The number of ether oxygens (including phenoxy) is 1. The quantitative estimate of drug-likeness (QED) is 0.0926. The largest absolute Gasteiger partial charge is 0.460 e. The molecule has 0 aromatic heterocycles. The molecule has 0 aliphatic rings. The highest BCUT2D eigenvalue weighted by Gasteiger charge is 2.33. The van der Waals surface area contributed by atoms with Crippen molar-refractivity contribution in [3.63, 3.8) is 0 Å². The van der Waals surface area contributed by atoms with E-state index in [1.54, 1.807) is 0 Å². The Morgan fingerprint density at radius 2 is 1.19 bits per heavy atom. The van der Waals surface area contributed by atoms with Crippen LogP contribution in [0.4, 0.5) is 0 Å². The molecule has 0 spiro atoms. The van der Waals surface area contributed by atoms with Gasteiger partial charge in [0.25, 0.3) is 0 Å². The van der Waals surface area contributed by atoms with Gasteiger partial charge in [-0.05, 0) is 18.1 Å². The second-order valence-corrected chi connectivity index (χ2v) is 12.0. The molecule has 0 unspecified atom stereocenters. The standard InChI is InChI=1S/C23H46O3Si/c1-5-9-12-15-20-27(21-16-13-10-6-2,22-17-14-11-7-3)26-19-18-25-23(24)8-4/h8H,4-7,9-22H2,1-3H3. The van der Waals surface area contributed by atoms with E-state index in [1.807, 2.05) is 0 Å². The maximum Gasteiger partial charge on any atom is 0.330 e. The third-order valence-corrected chi connectivity index (χ3v) is 9.97. The van der Waals surface area contributed by atoms with E-state index in [1.165, 1.54) is 101 Å². The van der Waals surface area contributed by atoms with Gasteiger partial charge < -0.3 is 9.16 Å². The molecular weight excluding hydrogens is 352 g/mol. The number of esters is 1. The van der Waals surface area contributed by atoms with Crippen LogP contribution in [0, 0.1) is 0 Å². The summed E-state index contributed by atoms with van der Waals surface area (Å²) in [7, 11) is -1.74. The monoisotopic (exact) mass is 398 g/mol. The molecule has 160 valence electrons. The van der Waals surface area contributed by atoms with E-state index in [0.717, 1.165) is 0 Å². The lowest BCUT2D eigenvalue weighted by Crippen LogP contribution is -2.39. The first-order valence-electron chi connectivity index (χ1n) is 11.6. The summed E-state index contributed by atoms with van der Waals surface area (Å²) in [5.41, 5.74) is 0. The summed E-state index contributed by atoms with van der Waals surface area (Å²) in [5, 5.41) is 0. The molecule has 0 radical (unpaired) electrons. The van der Waals surface area contributed by atoms with Crippen LogP contribution in [0.3, 0.4) is 0 Å². The van der Waals surface area contributed by atoms with Gasteiger partial charge in [-0.1, -0.05) is 104 Å². The van der Waals surface area contributed by atoms with Crippen LogP contribution < -0.4 is 0 Å². The number of hydrogen-bond acceptors (Lipinski definition) is 3. The zero-order valence-corrected chi connectivity index (χ0v) is 19.5. The van der Waals surface area contributed by atoms with Crippen molar-refractivity contribution in [2.45, 2.75) is 116 Å². The van der Waals surface area contributed by atoms with Crippen LogP contribution in [0.5, 0.6) is 0 Å². The smallest absolute Gasteiger partial charge is 0.330 e. The summed E-state index contributed by atoms with van der Waals surface area (Å²) in [6.07, 6.45) is 16.9. The van der Waals surface area contributed by atoms with Crippen molar-refractivity contribution in [1.29, 1.82) is 0 Å². The van der Waals surface area contributed by atoms with Crippen molar-refractivity contribution >= 4 is 14.3 Å². The summed E-state index contributed by atoms with van der Waals surface area (Å²) in [5.74, 6) is -0.347. The summed E-state index contributed by atoms with van der Waals surface area (Å²) in [6, 6.07) is 3.84. The van der Waals surface area contributed by atoms with Crippen molar-refractivity contribution in [3.05, 3.63) is 12.7 Å². The van der Waals surface area contributed by atoms with Gasteiger partial charge >= 0.3 is 5.97 Å². The molecule has 0 bridgehead atoms. The van der Waals surface area contributed by atoms with Gasteiger partial charge in [0.15, 0.2) is 8.32 Å². The molecule has 0 saturated carbocycles. The molecule has 0 aliphatic heterocycles. The van der Waals surface area contributed by atoms with Crippen molar-refractivity contribution in [3.8, 4) is 0 Å². The summed E-state index contributed by atoms with van der Waals surface area (Å²) < 4.78 is 11.7. The highest BCUT2D eigenvalue weighted by Crippen LogP contribution is 2.30. The van der Waals surface area contributed by atoms with E-state index < -0.39 is 8.32 Å². The molecule has 0 aliphatic carbocycles. The summed E-state index contributed by atoms with van der Waals surface area (Å²) in [6.45, 7) is 11.2. The minimum Gasteiger partial charge on any atom is -0.460 e. The molecule has 0 amide bonds. The third kappa shape index (κ3) is 15.0. The third-order valence-electron chi connectivity index (χ3n) is 5.36. The predicted molar refractivity (Wildman–Crippen MR) is 120 cm³/mol. The van der Waals surface area contributed by atoms with Gasteiger partial charge in [-0.25, -0.2) is 4.79 Å². The number of unbranched alkanes of at least 4 members (excludes halogenated alkanes) is 9. The lowest BCUT2D eigenvalue weighted by molar-refractivity contribution is -0.138. The Balaban J connectivity index is 4.75. The molecule has 0 atom stereocenters. The Hall–Kier alpha value is -0.613. The highest BCUT2D eigenvalue weighted by molar-refractivity contribution is 6.73. The van der Waals surface area contributed by atoms with E-state index >= 15 is 0 Å². The van der Waals surface area contributed by atoms with Crippen LogP contribution in [-0.2, 0) is 14.0 Å². The molecule has 0 fully saturated rings. The zero-order chi connectivity index (χ0) is 20.2. The molecule has 0 aromatic carbocycles. The Labute approximate surface area is 170 Å². The van der Waals surface area contributed by atoms with Crippen LogP contribution in [0.25, 0.3) is 0 Å². The van der Waals surface area contributed by atoms with E-state index in [2.05, 4.69) is 27.4 Å². The Morgan fingerprint density at radius 1 is 0.741 bits per heavy atom. The van der Waals surface area contributed by atoms with E-state index in [4.69, 9.17) is 9.16 Å². The molecule has 0 rings (SSSR count). The first-order chi connectivity index (χ1) is 13.1. The van der Waals surface area contributed by atoms with Crippen molar-refractivity contribution < 1.29 is 14.0 Å². The lowest BCUT2D eigenvalue weighted by atomic mass is 10.2. The van der Waals surface area contributed by atoms with Crippen LogP contribution in [-0.4, -0.2) is 27.5 Å². The summed E-state index contributed by atoms with van der Waals surface area (Å²) in [4.78, 5) is 11.3. The van der Waals surface area contributed by atoms with Gasteiger partial charge in [0.1, 0.15) is 6.61 Å². The lowest BCUT2D eigenvalue weighted by Gasteiger charge is -2.32. The zero-order valence-electron chi connectivity index (χ0n) is 18.5. The summed E-state index contributed by atoms with van der Waals surface area (Å²) >= 11 is 0. The Kier molecular flexibility index (Phi) is 18.3. The average Bonchev–Trinajstić information content (AvgIpc) is 2.69. The van der Waals surface area contributed by atoms with E-state index in [0.29, 0.717) is 13.2 Å². The van der Waals surface area contributed by atoms with E-state index in [-0.39, 0.29) is 5.97 Å². The SMILES string of the molecule is C=CC(=O)OCCO[Si](CCCCCC)(CCCCCC)CCCCCC. The molecular formula is C23H46O3Si. The van der Waals surface area contributed by atoms with Gasteiger partial charge in [0, 0.05) is 6.08 Å². The molecule has 0 aromatic rings. The molecule has 4 heteroatoms. The maximum absolute atomic E-state index is 11.3. The minimum absolute atomic E-state index is 0.347. The fraction of sp³-hybridized carbons (Fsp3) is 0.870. The predicted octanol–water partition coefficient (Wildman–Crippen LogP) is 7.42. The van der Waals surface area contributed by atoms with Gasteiger partial charge in [0.05, 0.1) is 6.61 Å². The fourth-order valence-corrected chi connectivity index (χ4v) is 8.06. The molecule has 27 heavy (non-hydrogen) atoms. The molecule has 0 heterocycles. The first-order valence-corrected chi connectivity index (χ1v) is 14.1. The van der Waals surface area contributed by atoms with Crippen LogP contribution in [0.1, 0.15) is 97.8 Å².